The second-order valence-electron chi connectivity index (χ2n) is 4.30. The zero-order valence-corrected chi connectivity index (χ0v) is 9.36. The molecule has 2 rings (SSSR count). The van der Waals surface area contributed by atoms with Crippen LogP contribution in [0.1, 0.15) is 26.3 Å². The van der Waals surface area contributed by atoms with E-state index in [-0.39, 0.29) is 11.2 Å². The number of nitrogens with zero attached hydrogens (tertiary/aromatic N) is 4. The summed E-state index contributed by atoms with van der Waals surface area (Å²) in [5.74, 6) is -0.863. The van der Waals surface area contributed by atoms with Crippen LogP contribution in [0.3, 0.4) is 0 Å². The molecule has 15 heavy (non-hydrogen) atoms. The molecule has 1 heterocycles. The first-order valence-electron chi connectivity index (χ1n) is 4.63. The lowest BCUT2D eigenvalue weighted by molar-refractivity contribution is -0.133. The van der Waals surface area contributed by atoms with E-state index >= 15 is 0 Å². The zero-order valence-electron chi connectivity index (χ0n) is 8.54. The summed E-state index contributed by atoms with van der Waals surface area (Å²) >= 11 is 1.16. The molecule has 1 fully saturated rings. The molecule has 0 saturated heterocycles. The fourth-order valence-corrected chi connectivity index (χ4v) is 2.10. The molecule has 1 aromatic rings. The van der Waals surface area contributed by atoms with Gasteiger partial charge >= 0.3 is 5.97 Å². The minimum Gasteiger partial charge on any atom is -0.481 e. The molecule has 0 aliphatic heterocycles. The number of aromatic nitrogens is 4. The average Bonchev–Trinajstić information content (AvgIpc) is 2.62. The van der Waals surface area contributed by atoms with Gasteiger partial charge in [0, 0.05) is 0 Å². The highest BCUT2D eigenvalue weighted by Crippen LogP contribution is 2.55. The van der Waals surface area contributed by atoms with E-state index in [1.807, 2.05) is 0 Å². The molecule has 0 bridgehead atoms. The van der Waals surface area contributed by atoms with Gasteiger partial charge in [0.25, 0.3) is 0 Å². The van der Waals surface area contributed by atoms with Crippen LogP contribution in [-0.2, 0) is 4.79 Å². The van der Waals surface area contributed by atoms with Crippen molar-refractivity contribution in [2.45, 2.75) is 31.5 Å². The van der Waals surface area contributed by atoms with Crippen LogP contribution in [0.5, 0.6) is 0 Å². The minimum atomic E-state index is -0.857. The molecule has 1 atom stereocenters. The monoisotopic (exact) mass is 228 g/mol. The average molecular weight is 228 g/mol. The van der Waals surface area contributed by atoms with Crippen molar-refractivity contribution in [3.05, 3.63) is 0 Å². The number of carboxylic acids is 1. The summed E-state index contributed by atoms with van der Waals surface area (Å²) in [6, 6.07) is 0.309. The summed E-state index contributed by atoms with van der Waals surface area (Å²) in [6.45, 7) is 4.29. The van der Waals surface area contributed by atoms with Crippen molar-refractivity contribution in [2.75, 3.05) is 5.75 Å². The quantitative estimate of drug-likeness (QED) is 0.768. The van der Waals surface area contributed by atoms with Gasteiger partial charge in [-0.25, -0.2) is 4.68 Å². The molecule has 0 spiro atoms. The molecule has 82 valence electrons. The Hall–Kier alpha value is -1.11. The molecular weight excluding hydrogens is 216 g/mol. The van der Waals surface area contributed by atoms with Gasteiger partial charge in [-0.1, -0.05) is 25.6 Å². The van der Waals surface area contributed by atoms with Gasteiger partial charge in [0.05, 0.1) is 11.8 Å². The van der Waals surface area contributed by atoms with Crippen LogP contribution in [0.2, 0.25) is 0 Å². The largest absolute Gasteiger partial charge is 0.481 e. The molecule has 0 aromatic carbocycles. The molecule has 0 amide bonds. The highest BCUT2D eigenvalue weighted by atomic mass is 32.2. The number of carbonyl (C=O) groups is 1. The lowest BCUT2D eigenvalue weighted by Crippen LogP contribution is -2.06. The van der Waals surface area contributed by atoms with E-state index in [1.54, 1.807) is 4.68 Å². The predicted molar refractivity (Wildman–Crippen MR) is 53.6 cm³/mol. The summed E-state index contributed by atoms with van der Waals surface area (Å²) in [5, 5.41) is 20.4. The fourth-order valence-electron chi connectivity index (χ4n) is 1.46. The predicted octanol–water partition coefficient (Wildman–Crippen LogP) is 0.821. The Morgan fingerprint density at radius 2 is 2.40 bits per heavy atom. The third kappa shape index (κ3) is 2.11. The van der Waals surface area contributed by atoms with Gasteiger partial charge in [0.15, 0.2) is 0 Å². The smallest absolute Gasteiger partial charge is 0.313 e. The zero-order chi connectivity index (χ0) is 11.1. The number of thioether (sulfide) groups is 1. The minimum absolute atomic E-state index is 0.00643. The molecule has 1 N–H and O–H groups in total. The Labute approximate surface area is 91.0 Å². The number of aliphatic carboxylic acids is 1. The highest BCUT2D eigenvalue weighted by molar-refractivity contribution is 7.99. The van der Waals surface area contributed by atoms with Crippen LogP contribution in [0.15, 0.2) is 5.16 Å². The summed E-state index contributed by atoms with van der Waals surface area (Å²) in [5.41, 5.74) is 0.230. The van der Waals surface area contributed by atoms with Crippen molar-refractivity contribution >= 4 is 17.7 Å². The molecular formula is C8H12N4O2S. The molecule has 6 nitrogen and oxygen atoms in total. The molecule has 0 radical (unpaired) electrons. The number of tetrazole rings is 1. The maximum absolute atomic E-state index is 10.4. The van der Waals surface area contributed by atoms with Crippen LogP contribution in [0.4, 0.5) is 0 Å². The maximum atomic E-state index is 10.4. The number of hydrogen-bond acceptors (Lipinski definition) is 5. The Morgan fingerprint density at radius 3 is 2.93 bits per heavy atom. The Balaban J connectivity index is 2.06. The lowest BCUT2D eigenvalue weighted by atomic mass is 10.2. The maximum Gasteiger partial charge on any atom is 0.313 e. The van der Waals surface area contributed by atoms with Gasteiger partial charge in [-0.05, 0) is 22.3 Å². The molecule has 1 aliphatic carbocycles. The number of hydrogen-bond donors (Lipinski definition) is 1. The van der Waals surface area contributed by atoms with Gasteiger partial charge in [-0.2, -0.15) is 0 Å². The summed E-state index contributed by atoms with van der Waals surface area (Å²) in [7, 11) is 0. The molecule has 1 aromatic heterocycles. The van der Waals surface area contributed by atoms with E-state index in [4.69, 9.17) is 5.11 Å². The van der Waals surface area contributed by atoms with Crippen molar-refractivity contribution in [3.63, 3.8) is 0 Å². The molecule has 1 saturated carbocycles. The van der Waals surface area contributed by atoms with Crippen molar-refractivity contribution in [2.24, 2.45) is 5.41 Å². The normalized spacial score (nSPS) is 22.7. The van der Waals surface area contributed by atoms with Gasteiger partial charge in [-0.3, -0.25) is 4.79 Å². The van der Waals surface area contributed by atoms with E-state index in [2.05, 4.69) is 29.4 Å². The van der Waals surface area contributed by atoms with Gasteiger partial charge in [0.2, 0.25) is 5.16 Å². The van der Waals surface area contributed by atoms with Crippen molar-refractivity contribution in [1.82, 2.24) is 20.2 Å². The standard InChI is InChI=1S/C8H12N4O2S/c1-8(2)3-5(8)12-7(9-10-11-12)15-4-6(13)14/h5H,3-4H2,1-2H3,(H,13,14). The van der Waals surface area contributed by atoms with E-state index < -0.39 is 5.97 Å². The summed E-state index contributed by atoms with van der Waals surface area (Å²) in [4.78, 5) is 10.4. The summed E-state index contributed by atoms with van der Waals surface area (Å²) < 4.78 is 1.73. The van der Waals surface area contributed by atoms with Crippen molar-refractivity contribution in [3.8, 4) is 0 Å². The van der Waals surface area contributed by atoms with E-state index in [1.165, 1.54) is 0 Å². The molecule has 1 aliphatic rings. The molecule has 7 heteroatoms. The Bertz CT molecular complexity index is 390. The van der Waals surface area contributed by atoms with Crippen LogP contribution < -0.4 is 0 Å². The van der Waals surface area contributed by atoms with Gasteiger partial charge in [0.1, 0.15) is 0 Å². The number of rotatable bonds is 4. The van der Waals surface area contributed by atoms with E-state index in [9.17, 15) is 4.79 Å². The first kappa shape index (κ1) is 10.4. The van der Waals surface area contributed by atoms with E-state index in [0.29, 0.717) is 11.2 Å². The third-order valence-electron chi connectivity index (χ3n) is 2.54. The third-order valence-corrected chi connectivity index (χ3v) is 3.46. The second-order valence-corrected chi connectivity index (χ2v) is 5.24. The Kier molecular flexibility index (Phi) is 2.41. The Morgan fingerprint density at radius 1 is 1.73 bits per heavy atom. The lowest BCUT2D eigenvalue weighted by Gasteiger charge is -2.04. The number of carboxylic acid groups (broad SMARTS) is 1. The van der Waals surface area contributed by atoms with Crippen molar-refractivity contribution in [1.29, 1.82) is 0 Å². The van der Waals surface area contributed by atoms with Crippen LogP contribution in [-0.4, -0.2) is 37.0 Å². The van der Waals surface area contributed by atoms with Crippen molar-refractivity contribution < 1.29 is 9.90 Å². The van der Waals surface area contributed by atoms with Crippen LogP contribution >= 0.6 is 11.8 Å². The van der Waals surface area contributed by atoms with Gasteiger partial charge < -0.3 is 5.11 Å². The van der Waals surface area contributed by atoms with Crippen LogP contribution in [0.25, 0.3) is 0 Å². The summed E-state index contributed by atoms with van der Waals surface area (Å²) in [6.07, 6.45) is 1.04. The molecule has 1 unspecified atom stereocenters. The first-order chi connectivity index (χ1) is 7.00. The van der Waals surface area contributed by atoms with Crippen LogP contribution in [0, 0.1) is 5.41 Å². The van der Waals surface area contributed by atoms with Gasteiger partial charge in [-0.15, -0.1) is 5.10 Å². The topological polar surface area (TPSA) is 80.9 Å². The highest BCUT2D eigenvalue weighted by Gasteiger charge is 2.49. The second kappa shape index (κ2) is 3.48. The first-order valence-corrected chi connectivity index (χ1v) is 5.62. The SMILES string of the molecule is CC1(C)CC1n1nnnc1SCC(=O)O. The fraction of sp³-hybridized carbons (Fsp3) is 0.750. The van der Waals surface area contributed by atoms with E-state index in [0.717, 1.165) is 18.2 Å².